The van der Waals surface area contributed by atoms with Gasteiger partial charge in [0.2, 0.25) is 5.91 Å². The number of imidazole rings is 1. The van der Waals surface area contributed by atoms with Crippen molar-refractivity contribution in [2.75, 3.05) is 0 Å². The third-order valence-electron chi connectivity index (χ3n) is 3.92. The molecule has 3 rings (SSSR count). The lowest BCUT2D eigenvalue weighted by atomic mass is 10.3. The van der Waals surface area contributed by atoms with Crippen LogP contribution in [0.4, 0.5) is 0 Å². The number of H-pyrrole nitrogens is 1. The Balaban J connectivity index is 1.73. The quantitative estimate of drug-likeness (QED) is 0.770. The summed E-state index contributed by atoms with van der Waals surface area (Å²) in [5.74, 6) is 0.632. The van der Waals surface area contributed by atoms with Crippen LogP contribution in [0.2, 0.25) is 0 Å². The number of amides is 1. The van der Waals surface area contributed by atoms with E-state index in [9.17, 15) is 4.79 Å². The second kappa shape index (κ2) is 5.83. The Kier molecular flexibility index (Phi) is 3.85. The molecule has 1 atom stereocenters. The molecule has 0 fully saturated rings. The molecular formula is C16H20N6O. The number of aryl methyl sites for hydroxylation is 3. The molecule has 2 N–H and O–H groups in total. The topological polar surface area (TPSA) is 88.5 Å². The van der Waals surface area contributed by atoms with Gasteiger partial charge in [0.1, 0.15) is 12.4 Å². The van der Waals surface area contributed by atoms with E-state index in [1.54, 1.807) is 10.9 Å². The molecule has 7 nitrogen and oxygen atoms in total. The number of carbonyl (C=O) groups excluding carboxylic acids is 1. The van der Waals surface area contributed by atoms with Gasteiger partial charge in [-0.05, 0) is 39.8 Å². The Hall–Kier alpha value is -2.70. The molecule has 1 unspecified atom stereocenters. The molecule has 23 heavy (non-hydrogen) atoms. The summed E-state index contributed by atoms with van der Waals surface area (Å²) in [6, 6.07) is 3.63. The van der Waals surface area contributed by atoms with Crippen LogP contribution in [-0.4, -0.2) is 30.6 Å². The van der Waals surface area contributed by atoms with Crippen LogP contribution in [0.15, 0.2) is 18.3 Å². The van der Waals surface area contributed by atoms with Crippen molar-refractivity contribution in [3.05, 3.63) is 41.2 Å². The Morgan fingerprint density at radius 1 is 1.35 bits per heavy atom. The van der Waals surface area contributed by atoms with Gasteiger partial charge in [-0.2, -0.15) is 5.10 Å². The predicted molar refractivity (Wildman–Crippen MR) is 86.9 cm³/mol. The van der Waals surface area contributed by atoms with E-state index in [1.807, 2.05) is 39.8 Å². The Morgan fingerprint density at radius 3 is 2.83 bits per heavy atom. The number of hydrogen-bond donors (Lipinski definition) is 2. The van der Waals surface area contributed by atoms with Crippen LogP contribution >= 0.6 is 0 Å². The van der Waals surface area contributed by atoms with E-state index in [0.29, 0.717) is 0 Å². The molecule has 0 aliphatic heterocycles. The van der Waals surface area contributed by atoms with Gasteiger partial charge in [0.25, 0.3) is 0 Å². The Labute approximate surface area is 134 Å². The average molecular weight is 312 g/mol. The smallest absolute Gasteiger partial charge is 0.242 e. The number of carbonyl (C=O) groups is 1. The molecule has 0 saturated heterocycles. The van der Waals surface area contributed by atoms with Crippen LogP contribution in [0.3, 0.4) is 0 Å². The summed E-state index contributed by atoms with van der Waals surface area (Å²) < 4.78 is 1.63. The molecule has 7 heteroatoms. The zero-order valence-electron chi connectivity index (χ0n) is 13.7. The van der Waals surface area contributed by atoms with E-state index in [4.69, 9.17) is 0 Å². The lowest BCUT2D eigenvalue weighted by molar-refractivity contribution is -0.122. The van der Waals surface area contributed by atoms with Crippen molar-refractivity contribution in [2.24, 2.45) is 0 Å². The van der Waals surface area contributed by atoms with E-state index in [2.05, 4.69) is 25.4 Å². The second-order valence-corrected chi connectivity index (χ2v) is 5.74. The van der Waals surface area contributed by atoms with E-state index < -0.39 is 0 Å². The van der Waals surface area contributed by atoms with Crippen molar-refractivity contribution in [3.63, 3.8) is 0 Å². The fourth-order valence-electron chi connectivity index (χ4n) is 2.55. The molecule has 0 bridgehead atoms. The minimum Gasteiger partial charge on any atom is -0.345 e. The van der Waals surface area contributed by atoms with Crippen LogP contribution < -0.4 is 5.32 Å². The van der Waals surface area contributed by atoms with Crippen LogP contribution in [0.1, 0.15) is 35.9 Å². The van der Waals surface area contributed by atoms with Gasteiger partial charge in [-0.15, -0.1) is 0 Å². The van der Waals surface area contributed by atoms with Crippen molar-refractivity contribution < 1.29 is 4.79 Å². The summed E-state index contributed by atoms with van der Waals surface area (Å²) in [4.78, 5) is 24.2. The highest BCUT2D eigenvalue weighted by atomic mass is 16.2. The number of pyridine rings is 1. The maximum atomic E-state index is 12.3. The number of nitrogens with one attached hydrogen (secondary N) is 2. The maximum Gasteiger partial charge on any atom is 0.242 e. The molecule has 0 spiro atoms. The first-order valence-corrected chi connectivity index (χ1v) is 7.56. The van der Waals surface area contributed by atoms with Gasteiger partial charge in [0.05, 0.1) is 17.4 Å². The van der Waals surface area contributed by atoms with E-state index in [-0.39, 0.29) is 18.5 Å². The van der Waals surface area contributed by atoms with Crippen molar-refractivity contribution >= 4 is 16.9 Å². The van der Waals surface area contributed by atoms with Crippen LogP contribution in [0.5, 0.6) is 0 Å². The lowest BCUT2D eigenvalue weighted by Crippen LogP contribution is -2.31. The summed E-state index contributed by atoms with van der Waals surface area (Å²) in [5.41, 5.74) is 3.54. The average Bonchev–Trinajstić information content (AvgIpc) is 3.01. The number of fused-ring (bicyclic) bond motifs is 1. The van der Waals surface area contributed by atoms with Crippen molar-refractivity contribution in [2.45, 2.75) is 40.3 Å². The van der Waals surface area contributed by atoms with Crippen molar-refractivity contribution in [1.29, 1.82) is 0 Å². The van der Waals surface area contributed by atoms with Gasteiger partial charge >= 0.3 is 0 Å². The van der Waals surface area contributed by atoms with Crippen molar-refractivity contribution in [1.82, 2.24) is 30.0 Å². The van der Waals surface area contributed by atoms with Crippen LogP contribution in [0.25, 0.3) is 11.0 Å². The number of hydrogen-bond acceptors (Lipinski definition) is 4. The first kappa shape index (κ1) is 15.2. The summed E-state index contributed by atoms with van der Waals surface area (Å²) in [5, 5.41) is 8.30. The van der Waals surface area contributed by atoms with Gasteiger partial charge in [-0.1, -0.05) is 0 Å². The molecule has 0 aliphatic rings. The largest absolute Gasteiger partial charge is 0.345 e. The Bertz CT molecular complexity index is 843. The monoisotopic (exact) mass is 312 g/mol. The molecule has 3 aromatic rings. The first-order valence-electron chi connectivity index (χ1n) is 7.56. The normalized spacial score (nSPS) is 12.5. The fourth-order valence-corrected chi connectivity index (χ4v) is 2.55. The zero-order valence-corrected chi connectivity index (χ0v) is 13.7. The van der Waals surface area contributed by atoms with Gasteiger partial charge in [0, 0.05) is 17.3 Å². The van der Waals surface area contributed by atoms with E-state index >= 15 is 0 Å². The van der Waals surface area contributed by atoms with Gasteiger partial charge in [-0.3, -0.25) is 4.79 Å². The zero-order chi connectivity index (χ0) is 16.6. The minimum atomic E-state index is -0.189. The number of rotatable bonds is 4. The molecule has 1 amide bonds. The molecular weight excluding hydrogens is 292 g/mol. The van der Waals surface area contributed by atoms with Crippen molar-refractivity contribution in [3.8, 4) is 0 Å². The van der Waals surface area contributed by atoms with Gasteiger partial charge < -0.3 is 10.3 Å². The molecule has 120 valence electrons. The molecule has 0 radical (unpaired) electrons. The number of aromatic nitrogens is 5. The maximum absolute atomic E-state index is 12.3. The Morgan fingerprint density at radius 2 is 2.13 bits per heavy atom. The highest BCUT2D eigenvalue weighted by Crippen LogP contribution is 2.15. The standard InChI is InChI=1S/C16H20N6O/c1-9-10(2)20-15(19-9)12(4)18-14(23)8-22-16-13(11(3)21-22)6-5-7-17-16/h5-7,12H,8H2,1-4H3,(H,18,23)(H,19,20). The molecule has 0 aliphatic carbocycles. The summed E-state index contributed by atoms with van der Waals surface area (Å²) >= 11 is 0. The number of nitrogens with zero attached hydrogens (tertiary/aromatic N) is 4. The van der Waals surface area contributed by atoms with Crippen LogP contribution in [-0.2, 0) is 11.3 Å². The second-order valence-electron chi connectivity index (χ2n) is 5.74. The first-order chi connectivity index (χ1) is 11.0. The third-order valence-corrected chi connectivity index (χ3v) is 3.92. The molecule has 0 saturated carbocycles. The van der Waals surface area contributed by atoms with E-state index in [1.165, 1.54) is 0 Å². The van der Waals surface area contributed by atoms with Gasteiger partial charge in [0.15, 0.2) is 5.65 Å². The summed E-state index contributed by atoms with van der Waals surface area (Å²) in [6.07, 6.45) is 1.70. The summed E-state index contributed by atoms with van der Waals surface area (Å²) in [7, 11) is 0. The fraction of sp³-hybridized carbons (Fsp3) is 0.375. The minimum absolute atomic E-state index is 0.126. The van der Waals surface area contributed by atoms with E-state index in [0.717, 1.165) is 33.9 Å². The molecule has 3 heterocycles. The predicted octanol–water partition coefficient (Wildman–Crippen LogP) is 1.96. The highest BCUT2D eigenvalue weighted by Gasteiger charge is 2.16. The molecule has 0 aromatic carbocycles. The van der Waals surface area contributed by atoms with Crippen LogP contribution in [0, 0.1) is 20.8 Å². The SMILES string of the molecule is Cc1nc(C(C)NC(=O)Cn2nc(C)c3cccnc32)[nH]c1C. The number of aromatic amines is 1. The third kappa shape index (κ3) is 2.94. The summed E-state index contributed by atoms with van der Waals surface area (Å²) in [6.45, 7) is 7.85. The van der Waals surface area contributed by atoms with Gasteiger partial charge in [-0.25, -0.2) is 14.6 Å². The lowest BCUT2D eigenvalue weighted by Gasteiger charge is -2.11. The highest BCUT2D eigenvalue weighted by molar-refractivity contribution is 5.81. The molecule has 3 aromatic heterocycles.